The molecule has 0 radical (unpaired) electrons. The molecule has 0 nitrogen and oxygen atoms in total. The second-order valence-electron chi connectivity index (χ2n) is 10.1. The number of hydrogen-bond acceptors (Lipinski definition) is 0. The zero-order valence-electron chi connectivity index (χ0n) is 19.4. The van der Waals surface area contributed by atoms with Crippen LogP contribution in [-0.4, -0.2) is 0 Å². The molecule has 2 aliphatic carbocycles. The van der Waals surface area contributed by atoms with Crippen LogP contribution in [0.3, 0.4) is 0 Å². The number of benzene rings is 1. The van der Waals surface area contributed by atoms with E-state index in [1.54, 1.807) is 11.1 Å². The third kappa shape index (κ3) is 7.30. The average Bonchev–Trinajstić information content (AvgIpc) is 2.78. The van der Waals surface area contributed by atoms with E-state index in [4.69, 9.17) is 0 Å². The molecule has 0 amide bonds. The Kier molecular flexibility index (Phi) is 9.84. The fourth-order valence-corrected chi connectivity index (χ4v) is 5.71. The van der Waals surface area contributed by atoms with Crippen molar-refractivity contribution in [3.05, 3.63) is 41.5 Å². The Morgan fingerprint density at radius 3 is 2.00 bits per heavy atom. The molecule has 0 aliphatic heterocycles. The van der Waals surface area contributed by atoms with Gasteiger partial charge in [-0.15, -0.1) is 0 Å². The van der Waals surface area contributed by atoms with Crippen LogP contribution in [0, 0.1) is 11.8 Å². The van der Waals surface area contributed by atoms with Crippen molar-refractivity contribution in [2.24, 2.45) is 11.8 Å². The summed E-state index contributed by atoms with van der Waals surface area (Å²) in [5.41, 5.74) is 4.71. The summed E-state index contributed by atoms with van der Waals surface area (Å²) in [5, 5.41) is 0. The monoisotopic (exact) mass is 394 g/mol. The van der Waals surface area contributed by atoms with Crippen LogP contribution in [0.1, 0.15) is 134 Å². The predicted octanol–water partition coefficient (Wildman–Crippen LogP) is 9.69. The van der Waals surface area contributed by atoms with Gasteiger partial charge in [-0.1, -0.05) is 102 Å². The topological polar surface area (TPSA) is 0 Å². The van der Waals surface area contributed by atoms with Crippen molar-refractivity contribution in [1.82, 2.24) is 0 Å². The van der Waals surface area contributed by atoms with Crippen molar-refractivity contribution in [3.8, 4) is 0 Å². The molecule has 29 heavy (non-hydrogen) atoms. The standard InChI is InChI=1S/C29H46/c1-3-5-7-9-11-25-14-18-27(19-15-25)29-22-20-28(21-23-29)26-16-12-24(13-17-26)10-8-6-4-2/h16,20-25,27H,3-15,17-19H2,1-2H3/t24?,25-,27-. The summed E-state index contributed by atoms with van der Waals surface area (Å²) >= 11 is 0. The Morgan fingerprint density at radius 2 is 1.34 bits per heavy atom. The molecule has 0 heterocycles. The molecule has 1 fully saturated rings. The van der Waals surface area contributed by atoms with Crippen LogP contribution in [0.25, 0.3) is 5.57 Å². The smallest absolute Gasteiger partial charge is 0.0162 e. The normalized spacial score (nSPS) is 25.0. The van der Waals surface area contributed by atoms with E-state index in [0.717, 1.165) is 17.8 Å². The summed E-state index contributed by atoms with van der Waals surface area (Å²) in [6.45, 7) is 4.62. The van der Waals surface area contributed by atoms with Crippen molar-refractivity contribution < 1.29 is 0 Å². The fraction of sp³-hybridized carbons (Fsp3) is 0.724. The summed E-state index contributed by atoms with van der Waals surface area (Å²) < 4.78 is 0. The maximum Gasteiger partial charge on any atom is -0.0162 e. The summed E-state index contributed by atoms with van der Waals surface area (Å²) in [6.07, 6.45) is 25.1. The highest BCUT2D eigenvalue weighted by Crippen LogP contribution is 2.39. The molecule has 1 aromatic rings. The lowest BCUT2D eigenvalue weighted by Crippen LogP contribution is -2.13. The van der Waals surface area contributed by atoms with E-state index in [9.17, 15) is 0 Å². The number of allylic oxidation sites excluding steroid dienone is 2. The van der Waals surface area contributed by atoms with Gasteiger partial charge >= 0.3 is 0 Å². The van der Waals surface area contributed by atoms with Gasteiger partial charge in [-0.05, 0) is 79.4 Å². The molecule has 2 aliphatic rings. The SMILES string of the molecule is CCCCCC[C@H]1CC[C@H](c2ccc(C3=CCC(CCCCC)CC3)cc2)CC1. The van der Waals surface area contributed by atoms with Gasteiger partial charge < -0.3 is 0 Å². The van der Waals surface area contributed by atoms with Crippen molar-refractivity contribution in [1.29, 1.82) is 0 Å². The van der Waals surface area contributed by atoms with E-state index in [1.165, 1.54) is 108 Å². The highest BCUT2D eigenvalue weighted by atomic mass is 14.3. The molecule has 1 atom stereocenters. The fourth-order valence-electron chi connectivity index (χ4n) is 5.71. The van der Waals surface area contributed by atoms with E-state index in [2.05, 4.69) is 44.2 Å². The van der Waals surface area contributed by atoms with Gasteiger partial charge in [0.15, 0.2) is 0 Å². The lowest BCUT2D eigenvalue weighted by atomic mass is 9.76. The van der Waals surface area contributed by atoms with E-state index in [1.807, 2.05) is 0 Å². The van der Waals surface area contributed by atoms with Crippen LogP contribution in [0.4, 0.5) is 0 Å². The van der Waals surface area contributed by atoms with Crippen molar-refractivity contribution >= 4 is 5.57 Å². The molecule has 0 bridgehead atoms. The second kappa shape index (κ2) is 12.6. The van der Waals surface area contributed by atoms with E-state index >= 15 is 0 Å². The Balaban J connectivity index is 1.43. The highest BCUT2D eigenvalue weighted by molar-refractivity contribution is 5.66. The van der Waals surface area contributed by atoms with Crippen LogP contribution >= 0.6 is 0 Å². The van der Waals surface area contributed by atoms with Gasteiger partial charge in [0, 0.05) is 0 Å². The minimum absolute atomic E-state index is 0.819. The molecule has 162 valence electrons. The lowest BCUT2D eigenvalue weighted by Gasteiger charge is -2.29. The van der Waals surface area contributed by atoms with Crippen LogP contribution in [0.5, 0.6) is 0 Å². The molecule has 0 heteroatoms. The Hall–Kier alpha value is -1.04. The van der Waals surface area contributed by atoms with E-state index in [0.29, 0.717) is 0 Å². The third-order valence-corrected chi connectivity index (χ3v) is 7.80. The first kappa shape index (κ1) is 22.6. The van der Waals surface area contributed by atoms with Crippen molar-refractivity contribution in [2.45, 2.75) is 122 Å². The zero-order chi connectivity index (χ0) is 20.3. The molecule has 1 saturated carbocycles. The first-order valence-electron chi connectivity index (χ1n) is 13.1. The maximum atomic E-state index is 2.55. The lowest BCUT2D eigenvalue weighted by molar-refractivity contribution is 0.302. The highest BCUT2D eigenvalue weighted by Gasteiger charge is 2.22. The third-order valence-electron chi connectivity index (χ3n) is 7.80. The van der Waals surface area contributed by atoms with Crippen molar-refractivity contribution in [3.63, 3.8) is 0 Å². The molecular formula is C29H46. The Labute approximate surface area is 181 Å². The van der Waals surface area contributed by atoms with Gasteiger partial charge in [0.1, 0.15) is 0 Å². The largest absolute Gasteiger partial charge is 0.0804 e. The maximum absolute atomic E-state index is 2.55. The Morgan fingerprint density at radius 1 is 0.690 bits per heavy atom. The van der Waals surface area contributed by atoms with Crippen LogP contribution in [0.15, 0.2) is 30.3 Å². The summed E-state index contributed by atoms with van der Waals surface area (Å²) in [4.78, 5) is 0. The van der Waals surface area contributed by atoms with Gasteiger partial charge in [0.25, 0.3) is 0 Å². The number of unbranched alkanes of at least 4 members (excludes halogenated alkanes) is 5. The number of rotatable bonds is 11. The minimum Gasteiger partial charge on any atom is -0.0804 e. The molecule has 0 spiro atoms. The van der Waals surface area contributed by atoms with Gasteiger partial charge in [-0.2, -0.15) is 0 Å². The van der Waals surface area contributed by atoms with E-state index < -0.39 is 0 Å². The van der Waals surface area contributed by atoms with Crippen molar-refractivity contribution in [2.75, 3.05) is 0 Å². The quantitative estimate of drug-likeness (QED) is 0.328. The molecule has 1 unspecified atom stereocenters. The summed E-state index contributed by atoms with van der Waals surface area (Å²) in [5.74, 6) is 2.78. The average molecular weight is 395 g/mol. The zero-order valence-corrected chi connectivity index (χ0v) is 19.4. The molecule has 3 rings (SSSR count). The van der Waals surface area contributed by atoms with Gasteiger partial charge in [0.2, 0.25) is 0 Å². The second-order valence-corrected chi connectivity index (χ2v) is 10.1. The van der Waals surface area contributed by atoms with Crippen LogP contribution in [0.2, 0.25) is 0 Å². The minimum atomic E-state index is 0.819. The van der Waals surface area contributed by atoms with Crippen LogP contribution in [-0.2, 0) is 0 Å². The first-order chi connectivity index (χ1) is 14.3. The molecule has 0 saturated heterocycles. The molecule has 0 aromatic heterocycles. The predicted molar refractivity (Wildman–Crippen MR) is 129 cm³/mol. The molecule has 1 aromatic carbocycles. The van der Waals surface area contributed by atoms with Gasteiger partial charge in [0.05, 0.1) is 0 Å². The molecular weight excluding hydrogens is 348 g/mol. The van der Waals surface area contributed by atoms with Gasteiger partial charge in [-0.3, -0.25) is 0 Å². The first-order valence-corrected chi connectivity index (χ1v) is 13.1. The Bertz CT molecular complexity index is 585. The van der Waals surface area contributed by atoms with Gasteiger partial charge in [-0.25, -0.2) is 0 Å². The van der Waals surface area contributed by atoms with E-state index in [-0.39, 0.29) is 0 Å². The molecule has 0 N–H and O–H groups in total. The number of hydrogen-bond donors (Lipinski definition) is 0. The van der Waals surface area contributed by atoms with Crippen LogP contribution < -0.4 is 0 Å². The summed E-state index contributed by atoms with van der Waals surface area (Å²) in [7, 11) is 0. The summed E-state index contributed by atoms with van der Waals surface area (Å²) in [6, 6.07) is 9.76.